The highest BCUT2D eigenvalue weighted by Crippen LogP contribution is 2.28. The summed E-state index contributed by atoms with van der Waals surface area (Å²) in [5.41, 5.74) is 2.72. The first-order valence-corrected chi connectivity index (χ1v) is 10.0. The van der Waals surface area contributed by atoms with Crippen molar-refractivity contribution < 1.29 is 0 Å². The maximum atomic E-state index is 12.8. The average Bonchev–Trinajstić information content (AvgIpc) is 2.80. The Morgan fingerprint density at radius 1 is 0.833 bits per heavy atom. The molecular formula is C23H22N6O. The van der Waals surface area contributed by atoms with Crippen LogP contribution >= 0.6 is 0 Å². The van der Waals surface area contributed by atoms with E-state index in [0.29, 0.717) is 11.6 Å². The Morgan fingerprint density at radius 3 is 2.20 bits per heavy atom. The van der Waals surface area contributed by atoms with Crippen molar-refractivity contribution in [2.75, 3.05) is 38.1 Å². The van der Waals surface area contributed by atoms with Crippen molar-refractivity contribution in [1.82, 2.24) is 24.4 Å². The fourth-order valence-electron chi connectivity index (χ4n) is 3.78. The quantitative estimate of drug-likeness (QED) is 0.529. The maximum Gasteiger partial charge on any atom is 0.353 e. The van der Waals surface area contributed by atoms with Crippen molar-refractivity contribution in [2.24, 2.45) is 0 Å². The summed E-state index contributed by atoms with van der Waals surface area (Å²) < 4.78 is 1.57. The fraction of sp³-hybridized carbons (Fsp3) is 0.217. The van der Waals surface area contributed by atoms with Gasteiger partial charge in [-0.3, -0.25) is 0 Å². The molecule has 0 amide bonds. The minimum absolute atomic E-state index is 0.351. The molecular weight excluding hydrogens is 376 g/mol. The minimum atomic E-state index is -0.351. The van der Waals surface area contributed by atoms with Gasteiger partial charge in [-0.2, -0.15) is 4.98 Å². The Labute approximate surface area is 174 Å². The van der Waals surface area contributed by atoms with E-state index in [0.717, 1.165) is 48.5 Å². The number of aromatic nitrogens is 4. The normalized spacial score (nSPS) is 14.9. The van der Waals surface area contributed by atoms with Gasteiger partial charge in [-0.15, -0.1) is 0 Å². The lowest BCUT2D eigenvalue weighted by Gasteiger charge is -2.32. The summed E-state index contributed by atoms with van der Waals surface area (Å²) in [5, 5.41) is 0.752. The summed E-state index contributed by atoms with van der Waals surface area (Å²) in [5.74, 6) is 0.643. The molecule has 0 saturated carbocycles. The second kappa shape index (κ2) is 7.68. The van der Waals surface area contributed by atoms with Crippen LogP contribution in [0, 0.1) is 0 Å². The molecule has 0 radical (unpaired) electrons. The number of piperazine rings is 1. The first-order chi connectivity index (χ1) is 14.7. The van der Waals surface area contributed by atoms with Gasteiger partial charge in [0.05, 0.1) is 16.8 Å². The molecule has 0 N–H and O–H groups in total. The van der Waals surface area contributed by atoms with Crippen molar-refractivity contribution in [3.05, 3.63) is 77.3 Å². The third-order valence-corrected chi connectivity index (χ3v) is 5.47. The standard InChI is InChI=1S/C23H22N6O/c1-27-12-14-28(15-13-27)22-25-20(17-8-4-2-5-9-17)19-16-24-23(30)29(21(19)26-22)18-10-6-3-7-11-18/h2-11,16H,12-15H2,1H3. The van der Waals surface area contributed by atoms with E-state index >= 15 is 0 Å². The van der Waals surface area contributed by atoms with Gasteiger partial charge in [-0.25, -0.2) is 19.3 Å². The number of benzene rings is 2. The number of likely N-dealkylation sites (N-methyl/N-ethyl adjacent to an activating group) is 1. The van der Waals surface area contributed by atoms with Crippen LogP contribution in [-0.4, -0.2) is 57.6 Å². The maximum absolute atomic E-state index is 12.8. The molecule has 150 valence electrons. The number of rotatable bonds is 3. The molecule has 0 atom stereocenters. The van der Waals surface area contributed by atoms with Gasteiger partial charge < -0.3 is 9.80 Å². The molecule has 2 aromatic carbocycles. The van der Waals surface area contributed by atoms with Gasteiger partial charge in [0.15, 0.2) is 5.65 Å². The molecule has 0 bridgehead atoms. The number of nitrogens with zero attached hydrogens (tertiary/aromatic N) is 6. The van der Waals surface area contributed by atoms with Crippen LogP contribution in [0.1, 0.15) is 0 Å². The predicted molar refractivity (Wildman–Crippen MR) is 118 cm³/mol. The van der Waals surface area contributed by atoms with E-state index in [1.54, 1.807) is 10.8 Å². The van der Waals surface area contributed by atoms with Crippen molar-refractivity contribution in [3.8, 4) is 16.9 Å². The number of anilines is 1. The van der Waals surface area contributed by atoms with E-state index in [4.69, 9.17) is 9.97 Å². The van der Waals surface area contributed by atoms with Gasteiger partial charge in [0.1, 0.15) is 0 Å². The van der Waals surface area contributed by atoms with Gasteiger partial charge in [0.25, 0.3) is 0 Å². The topological polar surface area (TPSA) is 67.2 Å². The summed E-state index contributed by atoms with van der Waals surface area (Å²) in [6.45, 7) is 3.58. The molecule has 7 nitrogen and oxygen atoms in total. The second-order valence-corrected chi connectivity index (χ2v) is 7.48. The zero-order valence-corrected chi connectivity index (χ0v) is 16.8. The molecule has 1 aliphatic rings. The number of hydrogen-bond acceptors (Lipinski definition) is 6. The molecule has 0 unspecified atom stereocenters. The first-order valence-electron chi connectivity index (χ1n) is 10.0. The van der Waals surface area contributed by atoms with Gasteiger partial charge in [-0.05, 0) is 19.2 Å². The lowest BCUT2D eigenvalue weighted by molar-refractivity contribution is 0.311. The Morgan fingerprint density at radius 2 is 1.50 bits per heavy atom. The molecule has 7 heteroatoms. The van der Waals surface area contributed by atoms with Crippen molar-refractivity contribution in [1.29, 1.82) is 0 Å². The van der Waals surface area contributed by atoms with Gasteiger partial charge >= 0.3 is 5.69 Å². The number of fused-ring (bicyclic) bond motifs is 1. The molecule has 30 heavy (non-hydrogen) atoms. The first kappa shape index (κ1) is 18.4. The van der Waals surface area contributed by atoms with E-state index in [2.05, 4.69) is 21.8 Å². The van der Waals surface area contributed by atoms with E-state index in [1.807, 2.05) is 60.7 Å². The summed E-state index contributed by atoms with van der Waals surface area (Å²) in [7, 11) is 2.12. The van der Waals surface area contributed by atoms with Crippen LogP contribution in [0.15, 0.2) is 71.7 Å². The van der Waals surface area contributed by atoms with Crippen molar-refractivity contribution in [3.63, 3.8) is 0 Å². The van der Waals surface area contributed by atoms with E-state index in [9.17, 15) is 4.79 Å². The Hall–Kier alpha value is -3.58. The highest BCUT2D eigenvalue weighted by atomic mass is 16.1. The molecule has 0 aliphatic carbocycles. The molecule has 1 aliphatic heterocycles. The zero-order chi connectivity index (χ0) is 20.5. The summed E-state index contributed by atoms with van der Waals surface area (Å²) in [4.78, 5) is 31.2. The summed E-state index contributed by atoms with van der Waals surface area (Å²) in [6.07, 6.45) is 1.59. The molecule has 1 fully saturated rings. The zero-order valence-electron chi connectivity index (χ0n) is 16.8. The third kappa shape index (κ3) is 3.33. The van der Waals surface area contributed by atoms with Gasteiger partial charge in [0, 0.05) is 37.9 Å². The largest absolute Gasteiger partial charge is 0.353 e. The number of hydrogen-bond donors (Lipinski definition) is 0. The molecule has 3 heterocycles. The van der Waals surface area contributed by atoms with Crippen LogP contribution in [-0.2, 0) is 0 Å². The van der Waals surface area contributed by atoms with Crippen LogP contribution in [0.2, 0.25) is 0 Å². The smallest absolute Gasteiger partial charge is 0.338 e. The molecule has 2 aromatic heterocycles. The summed E-state index contributed by atoms with van der Waals surface area (Å²) >= 11 is 0. The average molecular weight is 398 g/mol. The van der Waals surface area contributed by atoms with Crippen LogP contribution in [0.5, 0.6) is 0 Å². The van der Waals surface area contributed by atoms with Gasteiger partial charge in [0.2, 0.25) is 5.95 Å². The van der Waals surface area contributed by atoms with Crippen molar-refractivity contribution in [2.45, 2.75) is 0 Å². The third-order valence-electron chi connectivity index (χ3n) is 5.47. The molecule has 5 rings (SSSR count). The molecule has 1 saturated heterocycles. The van der Waals surface area contributed by atoms with Gasteiger partial charge in [-0.1, -0.05) is 48.5 Å². The molecule has 4 aromatic rings. The Bertz CT molecular complexity index is 1230. The van der Waals surface area contributed by atoms with Crippen LogP contribution in [0.25, 0.3) is 28.0 Å². The van der Waals surface area contributed by atoms with Crippen LogP contribution in [0.4, 0.5) is 5.95 Å². The SMILES string of the molecule is CN1CCN(c2nc(-c3ccccc3)c3cnc(=O)n(-c4ccccc4)c3n2)CC1. The second-order valence-electron chi connectivity index (χ2n) is 7.48. The number of para-hydroxylation sites is 1. The van der Waals surface area contributed by atoms with Crippen molar-refractivity contribution >= 4 is 17.0 Å². The summed E-state index contributed by atoms with van der Waals surface area (Å²) in [6, 6.07) is 19.5. The lowest BCUT2D eigenvalue weighted by Crippen LogP contribution is -2.45. The molecule has 0 spiro atoms. The fourth-order valence-corrected chi connectivity index (χ4v) is 3.78. The van der Waals surface area contributed by atoms with E-state index in [1.165, 1.54) is 0 Å². The highest BCUT2D eigenvalue weighted by molar-refractivity contribution is 5.91. The van der Waals surface area contributed by atoms with E-state index in [-0.39, 0.29) is 5.69 Å². The Kier molecular flexibility index (Phi) is 4.72. The lowest BCUT2D eigenvalue weighted by atomic mass is 10.1. The highest BCUT2D eigenvalue weighted by Gasteiger charge is 2.21. The van der Waals surface area contributed by atoms with E-state index < -0.39 is 0 Å². The van der Waals surface area contributed by atoms with Crippen LogP contribution < -0.4 is 10.6 Å². The monoisotopic (exact) mass is 398 g/mol. The Balaban J connectivity index is 1.79. The predicted octanol–water partition coefficient (Wildman–Crippen LogP) is 2.59. The van der Waals surface area contributed by atoms with Crippen LogP contribution in [0.3, 0.4) is 0 Å². The minimum Gasteiger partial charge on any atom is -0.338 e.